The second kappa shape index (κ2) is 10.1. The van der Waals surface area contributed by atoms with Gasteiger partial charge in [-0.3, -0.25) is 4.79 Å². The molecule has 0 radical (unpaired) electrons. The van der Waals surface area contributed by atoms with E-state index in [1.54, 1.807) is 18.3 Å². The number of benzene rings is 2. The third-order valence-corrected chi connectivity index (χ3v) is 7.31. The Labute approximate surface area is 224 Å². The lowest BCUT2D eigenvalue weighted by Crippen LogP contribution is -2.24. The van der Waals surface area contributed by atoms with Gasteiger partial charge < -0.3 is 21.8 Å². The van der Waals surface area contributed by atoms with Gasteiger partial charge in [0.05, 0.1) is 17.4 Å². The van der Waals surface area contributed by atoms with Crippen LogP contribution >= 0.6 is 0 Å². The van der Waals surface area contributed by atoms with Gasteiger partial charge in [-0.15, -0.1) is 0 Å². The van der Waals surface area contributed by atoms with Gasteiger partial charge in [0.15, 0.2) is 0 Å². The van der Waals surface area contributed by atoms with E-state index in [0.29, 0.717) is 45.1 Å². The normalized spacial score (nSPS) is 18.8. The van der Waals surface area contributed by atoms with Gasteiger partial charge in [-0.25, -0.2) is 14.7 Å². The van der Waals surface area contributed by atoms with Crippen LogP contribution < -0.4 is 21.8 Å². The lowest BCUT2D eigenvalue weighted by Gasteiger charge is -2.21. The number of carbonyl (C=O) groups is 1. The first-order valence-corrected chi connectivity index (χ1v) is 12.7. The number of para-hydroxylation sites is 1. The van der Waals surface area contributed by atoms with Crippen molar-refractivity contribution >= 4 is 23.1 Å². The molecule has 0 spiro atoms. The van der Waals surface area contributed by atoms with Crippen molar-refractivity contribution in [2.45, 2.75) is 24.9 Å². The zero-order chi connectivity index (χ0) is 27.1. The summed E-state index contributed by atoms with van der Waals surface area (Å²) in [6.07, 6.45) is 3.83. The minimum absolute atomic E-state index is 0.0257. The van der Waals surface area contributed by atoms with E-state index in [1.807, 2.05) is 54.5 Å². The minimum atomic E-state index is -2.75. The summed E-state index contributed by atoms with van der Waals surface area (Å²) < 4.78 is 28.0. The molecule has 9 nitrogen and oxygen atoms in total. The van der Waals surface area contributed by atoms with Gasteiger partial charge in [-0.05, 0) is 42.8 Å². The molecule has 2 aromatic carbocycles. The first kappa shape index (κ1) is 25.0. The maximum atomic E-state index is 13.7. The lowest BCUT2D eigenvalue weighted by atomic mass is 9.93. The summed E-state index contributed by atoms with van der Waals surface area (Å²) in [4.78, 5) is 17.2. The maximum absolute atomic E-state index is 13.7. The monoisotopic (exact) mass is 530 g/mol. The van der Waals surface area contributed by atoms with Crippen molar-refractivity contribution < 1.29 is 13.6 Å². The first-order chi connectivity index (χ1) is 18.9. The van der Waals surface area contributed by atoms with Crippen molar-refractivity contribution in [1.29, 1.82) is 0 Å². The number of pyridine rings is 1. The number of nitrogens with two attached hydrogens (primary N) is 1. The van der Waals surface area contributed by atoms with E-state index in [1.165, 1.54) is 6.20 Å². The molecule has 5 N–H and O–H groups in total. The van der Waals surface area contributed by atoms with Crippen LogP contribution in [0.4, 0.5) is 26.0 Å². The maximum Gasteiger partial charge on any atom is 0.333 e. The Bertz CT molecular complexity index is 1500. The number of hydrogen-bond acceptors (Lipinski definition) is 7. The Kier molecular flexibility index (Phi) is 6.45. The van der Waals surface area contributed by atoms with Gasteiger partial charge >= 0.3 is 6.55 Å². The molecule has 200 valence electrons. The molecule has 4 aromatic rings. The van der Waals surface area contributed by atoms with E-state index in [9.17, 15) is 13.6 Å². The Morgan fingerprint density at radius 2 is 1.90 bits per heavy atom. The number of nitrogens with one attached hydrogen (secondary N) is 3. The van der Waals surface area contributed by atoms with Crippen LogP contribution in [0.1, 0.15) is 52.1 Å². The van der Waals surface area contributed by atoms with Crippen LogP contribution in [0.25, 0.3) is 11.1 Å². The largest absolute Gasteiger partial charge is 0.383 e. The zero-order valence-corrected chi connectivity index (χ0v) is 21.2. The van der Waals surface area contributed by atoms with Crippen molar-refractivity contribution in [1.82, 2.24) is 25.1 Å². The van der Waals surface area contributed by atoms with Crippen molar-refractivity contribution in [3.8, 4) is 11.1 Å². The highest BCUT2D eigenvalue weighted by molar-refractivity contribution is 6.04. The quantitative estimate of drug-likeness (QED) is 0.288. The van der Waals surface area contributed by atoms with Gasteiger partial charge in [0.25, 0.3) is 5.91 Å². The number of hydrazine groups is 1. The van der Waals surface area contributed by atoms with Crippen LogP contribution in [0, 0.1) is 0 Å². The summed E-state index contributed by atoms with van der Waals surface area (Å²) in [7, 11) is 1.88. The van der Waals surface area contributed by atoms with E-state index >= 15 is 0 Å². The highest BCUT2D eigenvalue weighted by Crippen LogP contribution is 2.47. The molecule has 2 unspecified atom stereocenters. The molecule has 1 saturated heterocycles. The molecule has 2 aliphatic rings. The molecular formula is C28H28F2N8O. The molecule has 2 atom stereocenters. The number of carbonyl (C=O) groups excluding carboxylic acids is 1. The molecule has 0 aliphatic carbocycles. The molecule has 2 aliphatic heterocycles. The summed E-state index contributed by atoms with van der Waals surface area (Å²) in [5.41, 5.74) is 15.3. The predicted octanol–water partition coefficient (Wildman–Crippen LogP) is 4.61. The number of anilines is 3. The summed E-state index contributed by atoms with van der Waals surface area (Å²) in [5, 5.41) is 12.3. The average Bonchev–Trinajstić information content (AvgIpc) is 3.68. The number of nitrogens with zero attached hydrogens (tertiary/aromatic N) is 4. The van der Waals surface area contributed by atoms with E-state index in [4.69, 9.17) is 5.73 Å². The van der Waals surface area contributed by atoms with Crippen LogP contribution in [0.5, 0.6) is 0 Å². The highest BCUT2D eigenvalue weighted by atomic mass is 19.3. The van der Waals surface area contributed by atoms with Crippen molar-refractivity contribution in [2.24, 2.45) is 0 Å². The molecule has 1 amide bonds. The number of amides is 1. The van der Waals surface area contributed by atoms with Crippen LogP contribution in [0.15, 0.2) is 67.0 Å². The topological polar surface area (TPSA) is 113 Å². The fraction of sp³-hybridized carbons (Fsp3) is 0.250. The van der Waals surface area contributed by atoms with Crippen LogP contribution in [-0.2, 0) is 0 Å². The van der Waals surface area contributed by atoms with Crippen molar-refractivity contribution in [3.05, 3.63) is 89.4 Å². The molecule has 11 heteroatoms. The molecule has 1 fully saturated rings. The van der Waals surface area contributed by atoms with Crippen molar-refractivity contribution in [2.75, 3.05) is 36.6 Å². The number of fused-ring (bicyclic) bond motifs is 1. The number of hydrogen-bond donors (Lipinski definition) is 4. The smallest absolute Gasteiger partial charge is 0.333 e. The molecule has 2 aromatic heterocycles. The van der Waals surface area contributed by atoms with Gasteiger partial charge in [0.1, 0.15) is 5.82 Å². The van der Waals surface area contributed by atoms with E-state index < -0.39 is 6.55 Å². The molecule has 4 heterocycles. The second-order valence-corrected chi connectivity index (χ2v) is 9.79. The summed E-state index contributed by atoms with van der Waals surface area (Å²) >= 11 is 0. The number of rotatable bonds is 6. The fourth-order valence-corrected chi connectivity index (χ4v) is 5.41. The lowest BCUT2D eigenvalue weighted by molar-refractivity contribution is 0.0561. The Hall–Kier alpha value is -4.35. The Balaban J connectivity index is 1.35. The summed E-state index contributed by atoms with van der Waals surface area (Å²) in [6.45, 7) is -1.26. The number of halogens is 2. The van der Waals surface area contributed by atoms with Gasteiger partial charge in [0, 0.05) is 59.8 Å². The van der Waals surface area contributed by atoms with Gasteiger partial charge in [-0.1, -0.05) is 30.3 Å². The SMILES string of the molecule is CN1Nc2c(-c3cn(C(F)F)nc3C3CCNC3)cnc(N)c2C1c1ccc(C(=O)Nc2ccccc2)cc1. The summed E-state index contributed by atoms with van der Waals surface area (Å²) in [6, 6.07) is 16.3. The van der Waals surface area contributed by atoms with Crippen LogP contribution in [0.2, 0.25) is 0 Å². The van der Waals surface area contributed by atoms with Gasteiger partial charge in [0.2, 0.25) is 0 Å². The Morgan fingerprint density at radius 1 is 1.13 bits per heavy atom. The highest BCUT2D eigenvalue weighted by Gasteiger charge is 2.36. The third kappa shape index (κ3) is 4.59. The predicted molar refractivity (Wildman–Crippen MR) is 145 cm³/mol. The fourth-order valence-electron chi connectivity index (χ4n) is 5.41. The zero-order valence-electron chi connectivity index (χ0n) is 21.2. The van der Waals surface area contributed by atoms with Gasteiger partial charge in [-0.2, -0.15) is 13.9 Å². The third-order valence-electron chi connectivity index (χ3n) is 7.31. The number of aromatic nitrogens is 3. The molecule has 39 heavy (non-hydrogen) atoms. The second-order valence-electron chi connectivity index (χ2n) is 9.79. The van der Waals surface area contributed by atoms with E-state index in [2.05, 4.69) is 26.1 Å². The average molecular weight is 531 g/mol. The molecular weight excluding hydrogens is 502 g/mol. The molecule has 6 rings (SSSR count). The molecule has 0 saturated carbocycles. The van der Waals surface area contributed by atoms with E-state index in [0.717, 1.165) is 29.8 Å². The minimum Gasteiger partial charge on any atom is -0.383 e. The number of alkyl halides is 2. The standard InChI is InChI=1S/C28H28F2N8O/c1-37-25(16-7-9-17(10-8-16)27(39)34-19-5-3-2-4-6-19)22-24(35-37)20(14-33-26(22)31)21-15-38(28(29)30)36-23(21)18-11-12-32-13-18/h2-10,14-15,18,25,28,32,35H,11-13H2,1H3,(H2,31,33)(H,34,39). The van der Waals surface area contributed by atoms with E-state index in [-0.39, 0.29) is 17.9 Å². The Morgan fingerprint density at radius 3 is 2.59 bits per heavy atom. The number of nitrogen functional groups attached to an aromatic ring is 1. The summed E-state index contributed by atoms with van der Waals surface area (Å²) in [5.74, 6) is 0.157. The van der Waals surface area contributed by atoms with Crippen LogP contribution in [-0.4, -0.2) is 45.8 Å². The van der Waals surface area contributed by atoms with Crippen LogP contribution in [0.3, 0.4) is 0 Å². The first-order valence-electron chi connectivity index (χ1n) is 12.7. The molecule has 0 bridgehead atoms. The van der Waals surface area contributed by atoms with Crippen molar-refractivity contribution in [3.63, 3.8) is 0 Å².